The van der Waals surface area contributed by atoms with Gasteiger partial charge in [-0.15, -0.1) is 0 Å². The molecule has 1 nitrogen and oxygen atoms in total. The van der Waals surface area contributed by atoms with Gasteiger partial charge in [-0.25, -0.2) is 0 Å². The van der Waals surface area contributed by atoms with Crippen LogP contribution in [-0.4, -0.2) is 0 Å². The lowest BCUT2D eigenvalue weighted by Crippen LogP contribution is -1.96. The lowest BCUT2D eigenvalue weighted by molar-refractivity contribution is 0.673. The quantitative estimate of drug-likeness (QED) is 0.167. The summed E-state index contributed by atoms with van der Waals surface area (Å²) in [5.41, 5.74) is -6.56. The van der Waals surface area contributed by atoms with E-state index in [0.717, 1.165) is 0 Å². The third-order valence-corrected chi connectivity index (χ3v) is 8.13. The second-order valence-electron chi connectivity index (χ2n) is 10.9. The van der Waals surface area contributed by atoms with Gasteiger partial charge in [0.25, 0.3) is 0 Å². The SMILES string of the molecule is [2H]c1c([2H])c([2H])c(-c2c([2H])c([2H])c(-c3c([2H])c([2H])c(Cc4c5c([2H])c([2H])c([2H])c([2H])c5c(-c5c([2H])c([2H])c([2H])c6oc7c8c([2H])c([2H])c([2H])c([2H])c8c([2H])c([2H])c7c56)c5c([2H])c([2H])c([2H])c([2H])c45)c([2H])c3[2H])c([2H])c2[2H])c([2H])c1[2H]. The lowest BCUT2D eigenvalue weighted by Gasteiger charge is -2.18. The van der Waals surface area contributed by atoms with Crippen molar-refractivity contribution in [1.82, 2.24) is 0 Å². The van der Waals surface area contributed by atoms with Crippen LogP contribution in [0.3, 0.4) is 0 Å². The molecular formula is C49H32O. The van der Waals surface area contributed by atoms with Crippen LogP contribution in [0.15, 0.2) is 186 Å². The van der Waals surface area contributed by atoms with Crippen LogP contribution < -0.4 is 0 Å². The average Bonchev–Trinajstić information content (AvgIpc) is 3.30. The first-order valence-corrected chi connectivity index (χ1v) is 14.9. The summed E-state index contributed by atoms with van der Waals surface area (Å²) < 4.78 is 274. The maximum absolute atomic E-state index is 9.53. The van der Waals surface area contributed by atoms with E-state index in [4.69, 9.17) is 31.8 Å². The number of furan rings is 1. The van der Waals surface area contributed by atoms with Gasteiger partial charge in [-0.05, 0) is 89.9 Å². The van der Waals surface area contributed by atoms with Gasteiger partial charge in [0.15, 0.2) is 0 Å². The molecular weight excluding hydrogens is 605 g/mol. The molecule has 10 aromatic rings. The minimum absolute atomic E-state index is 0.449. The molecule has 0 atom stereocenters. The van der Waals surface area contributed by atoms with Crippen LogP contribution in [0.4, 0.5) is 0 Å². The fraction of sp³-hybridized carbons (Fsp3) is 0.0204. The molecule has 50 heavy (non-hydrogen) atoms. The van der Waals surface area contributed by atoms with Gasteiger partial charge < -0.3 is 4.42 Å². The summed E-state index contributed by atoms with van der Waals surface area (Å²) in [7, 11) is 0. The summed E-state index contributed by atoms with van der Waals surface area (Å²) in [5, 5.41) is -4.38. The maximum atomic E-state index is 9.53. The van der Waals surface area contributed by atoms with Gasteiger partial charge in [-0.2, -0.15) is 0 Å². The molecule has 10 rings (SSSR count). The van der Waals surface area contributed by atoms with Crippen LogP contribution in [0.25, 0.3) is 87.6 Å². The third kappa shape index (κ3) is 4.63. The molecule has 0 bridgehead atoms. The van der Waals surface area contributed by atoms with Crippen LogP contribution in [0, 0.1) is 0 Å². The molecule has 0 saturated carbocycles. The van der Waals surface area contributed by atoms with Crippen molar-refractivity contribution in [1.29, 1.82) is 0 Å². The zero-order valence-corrected chi connectivity index (χ0v) is 25.1. The third-order valence-electron chi connectivity index (χ3n) is 8.13. The fourth-order valence-corrected chi connectivity index (χ4v) is 5.95. The van der Waals surface area contributed by atoms with E-state index in [0.29, 0.717) is 0 Å². The summed E-state index contributed by atoms with van der Waals surface area (Å²) >= 11 is 0. The van der Waals surface area contributed by atoms with Crippen LogP contribution in [0.2, 0.25) is 0 Å². The Morgan fingerprint density at radius 1 is 0.400 bits per heavy atom. The molecule has 0 fully saturated rings. The summed E-state index contributed by atoms with van der Waals surface area (Å²) in [5.74, 6) is 0. The normalized spacial score (nSPS) is 20.1. The van der Waals surface area contributed by atoms with Crippen LogP contribution in [-0.2, 0) is 6.42 Å². The summed E-state index contributed by atoms with van der Waals surface area (Å²) in [6.07, 6.45) is -0.968. The predicted octanol–water partition coefficient (Wildman–Crippen LogP) is 13.6. The molecule has 0 amide bonds. The Hall–Kier alpha value is -6.44. The van der Waals surface area contributed by atoms with E-state index in [9.17, 15) is 13.7 Å². The first kappa shape index (κ1) is 11.6. The van der Waals surface area contributed by atoms with Crippen LogP contribution >= 0.6 is 0 Å². The Morgan fingerprint density at radius 3 is 1.60 bits per heavy atom. The van der Waals surface area contributed by atoms with E-state index in [1.54, 1.807) is 0 Å². The number of hydrogen-bond donors (Lipinski definition) is 0. The topological polar surface area (TPSA) is 13.1 Å². The van der Waals surface area contributed by atoms with E-state index in [1.807, 2.05) is 0 Å². The number of benzene rings is 9. The Balaban J connectivity index is 1.35. The van der Waals surface area contributed by atoms with E-state index in [-0.39, 0.29) is 0 Å². The van der Waals surface area contributed by atoms with Gasteiger partial charge in [0.05, 0.1) is 41.1 Å². The van der Waals surface area contributed by atoms with Gasteiger partial charge in [0, 0.05) is 16.2 Å². The zero-order valence-electron chi connectivity index (χ0n) is 55.1. The molecule has 0 N–H and O–H groups in total. The molecule has 0 unspecified atom stereocenters. The van der Waals surface area contributed by atoms with Crippen molar-refractivity contribution >= 4 is 54.3 Å². The minimum Gasteiger partial charge on any atom is -0.455 e. The van der Waals surface area contributed by atoms with Crippen molar-refractivity contribution in [3.63, 3.8) is 0 Å². The standard InChI is InChI=1S/C49H32O/c1-2-11-33(12-3-1)35-25-27-36(28-26-35)34-23-21-32(22-24-34)31-45-39-15-6-8-17-41(39)47(42-18-9-7-16-40(42)45)43-19-10-20-46-48(43)44-30-29-37-13-4-5-14-38(37)49(44)50-46/h1-30H,31H2/i1D,2D,3D,4D,5D,6D,7D,8D,9D,10D,11D,12D,13D,14D,15D,16D,17D,18D,19D,20D,21D,22D,23D,24D,25D,26D,27D,28D,29D,30D. The Labute approximate surface area is 332 Å². The molecule has 0 aliphatic rings. The second-order valence-corrected chi connectivity index (χ2v) is 10.9. The Morgan fingerprint density at radius 2 is 0.940 bits per heavy atom. The van der Waals surface area contributed by atoms with Gasteiger partial charge in [0.1, 0.15) is 11.2 Å². The van der Waals surface area contributed by atoms with Crippen LogP contribution in [0.5, 0.6) is 0 Å². The smallest absolute Gasteiger partial charge is 0.143 e. The first-order valence-electron chi connectivity index (χ1n) is 29.9. The predicted molar refractivity (Wildman–Crippen MR) is 212 cm³/mol. The molecule has 1 heteroatoms. The maximum Gasteiger partial charge on any atom is 0.143 e. The Kier molecular flexibility index (Phi) is 2.69. The van der Waals surface area contributed by atoms with Gasteiger partial charge >= 0.3 is 0 Å². The first-order chi connectivity index (χ1) is 37.3. The van der Waals surface area contributed by atoms with Crippen LogP contribution in [0.1, 0.15) is 52.2 Å². The molecule has 0 radical (unpaired) electrons. The summed E-state index contributed by atoms with van der Waals surface area (Å²) in [4.78, 5) is 0. The highest BCUT2D eigenvalue weighted by Gasteiger charge is 2.20. The Bertz CT molecular complexity index is 4450. The minimum atomic E-state index is -1.00. The van der Waals surface area contributed by atoms with E-state index in [2.05, 4.69) is 0 Å². The molecule has 0 aliphatic heterocycles. The highest BCUT2D eigenvalue weighted by atomic mass is 16.3. The van der Waals surface area contributed by atoms with Gasteiger partial charge in [0.2, 0.25) is 0 Å². The summed E-state index contributed by atoms with van der Waals surface area (Å²) in [6, 6.07) is -27.0. The van der Waals surface area contributed by atoms with Crippen molar-refractivity contribution < 1.29 is 45.5 Å². The van der Waals surface area contributed by atoms with Crippen molar-refractivity contribution in [3.05, 3.63) is 192 Å². The van der Waals surface area contributed by atoms with E-state index in [1.165, 1.54) is 0 Å². The summed E-state index contributed by atoms with van der Waals surface area (Å²) in [6.45, 7) is 0. The zero-order chi connectivity index (χ0) is 59.1. The molecule has 9 aromatic carbocycles. The largest absolute Gasteiger partial charge is 0.455 e. The lowest BCUT2D eigenvalue weighted by atomic mass is 9.85. The molecule has 1 heterocycles. The molecule has 0 aliphatic carbocycles. The monoisotopic (exact) mass is 666 g/mol. The molecule has 0 saturated heterocycles. The number of rotatable bonds is 5. The number of fused-ring (bicyclic) bond motifs is 7. The fourth-order valence-electron chi connectivity index (χ4n) is 5.95. The highest BCUT2D eigenvalue weighted by molar-refractivity contribution is 6.24. The van der Waals surface area contributed by atoms with E-state index < -0.39 is 286 Å². The van der Waals surface area contributed by atoms with Crippen molar-refractivity contribution in [2.75, 3.05) is 0 Å². The van der Waals surface area contributed by atoms with Crippen molar-refractivity contribution in [3.8, 4) is 33.4 Å². The molecule has 234 valence electrons. The number of hydrogen-bond acceptors (Lipinski definition) is 1. The van der Waals surface area contributed by atoms with Crippen molar-refractivity contribution in [2.45, 2.75) is 6.42 Å². The second kappa shape index (κ2) is 11.6. The highest BCUT2D eigenvalue weighted by Crippen LogP contribution is 2.45. The van der Waals surface area contributed by atoms with Gasteiger partial charge in [-0.1, -0.05) is 169 Å². The van der Waals surface area contributed by atoms with E-state index >= 15 is 0 Å². The molecule has 0 spiro atoms. The van der Waals surface area contributed by atoms with Gasteiger partial charge in [-0.3, -0.25) is 0 Å². The molecule has 1 aromatic heterocycles. The van der Waals surface area contributed by atoms with Crippen molar-refractivity contribution in [2.24, 2.45) is 0 Å². The average molecular weight is 667 g/mol.